The molecule has 2 amide bonds. The van der Waals surface area contributed by atoms with Crippen LogP contribution in [0.2, 0.25) is 10.0 Å². The Morgan fingerprint density at radius 3 is 2.14 bits per heavy atom. The van der Waals surface area contributed by atoms with Gasteiger partial charge in [0.25, 0.3) is 10.0 Å². The highest BCUT2D eigenvalue weighted by molar-refractivity contribution is 7.98. The number of para-hydroxylation sites is 2. The van der Waals surface area contributed by atoms with Crippen LogP contribution in [0, 0.1) is 0 Å². The van der Waals surface area contributed by atoms with E-state index in [0.29, 0.717) is 27.8 Å². The van der Waals surface area contributed by atoms with Crippen LogP contribution in [0.4, 0.5) is 5.69 Å². The molecule has 0 bridgehead atoms. The lowest BCUT2D eigenvalue weighted by molar-refractivity contribution is -0.140. The van der Waals surface area contributed by atoms with Crippen LogP contribution in [0.5, 0.6) is 5.75 Å². The van der Waals surface area contributed by atoms with E-state index in [1.807, 2.05) is 20.1 Å². The second-order valence-corrected chi connectivity index (χ2v) is 13.6. The van der Waals surface area contributed by atoms with Crippen molar-refractivity contribution in [1.29, 1.82) is 0 Å². The van der Waals surface area contributed by atoms with E-state index in [0.717, 1.165) is 9.20 Å². The minimum absolute atomic E-state index is 0.0108. The third kappa shape index (κ3) is 8.62. The van der Waals surface area contributed by atoms with Gasteiger partial charge in [0, 0.05) is 33.1 Å². The Kier molecular flexibility index (Phi) is 13.3. The molecule has 2 atom stereocenters. The van der Waals surface area contributed by atoms with Gasteiger partial charge in [0.05, 0.1) is 17.2 Å². The fourth-order valence-corrected chi connectivity index (χ4v) is 6.89. The number of carbonyl (C=O) groups excluding carboxylic acids is 2. The van der Waals surface area contributed by atoms with E-state index in [1.54, 1.807) is 68.4 Å². The Bertz CT molecular complexity index is 1520. The van der Waals surface area contributed by atoms with E-state index in [2.05, 4.69) is 5.32 Å². The van der Waals surface area contributed by atoms with Crippen LogP contribution in [-0.2, 0) is 26.2 Å². The third-order valence-corrected chi connectivity index (χ3v) is 10.4. The number of sulfonamides is 1. The number of hydrogen-bond acceptors (Lipinski definition) is 6. The van der Waals surface area contributed by atoms with Gasteiger partial charge in [-0.1, -0.05) is 55.2 Å². The molecule has 0 aromatic heterocycles. The average Bonchev–Trinajstić information content (AvgIpc) is 3.01. The number of rotatable bonds is 15. The third-order valence-electron chi connectivity index (χ3n) is 7.14. The summed E-state index contributed by atoms with van der Waals surface area (Å²) in [6.07, 6.45) is 2.87. The molecule has 3 aromatic rings. The number of benzene rings is 3. The molecular weight excluding hydrogens is 641 g/mol. The second kappa shape index (κ2) is 16.4. The summed E-state index contributed by atoms with van der Waals surface area (Å²) in [5, 5.41) is 3.61. The van der Waals surface area contributed by atoms with Gasteiger partial charge in [0.1, 0.15) is 18.3 Å². The van der Waals surface area contributed by atoms with Gasteiger partial charge in [0.2, 0.25) is 11.8 Å². The van der Waals surface area contributed by atoms with Gasteiger partial charge in [-0.2, -0.15) is 0 Å². The molecule has 0 aliphatic heterocycles. The number of hydrogen-bond donors (Lipinski definition) is 1. The first kappa shape index (κ1) is 35.6. The molecule has 12 heteroatoms. The summed E-state index contributed by atoms with van der Waals surface area (Å²) in [6.45, 7) is 6.98. The van der Waals surface area contributed by atoms with Crippen molar-refractivity contribution in [3.05, 3.63) is 82.3 Å². The zero-order valence-electron chi connectivity index (χ0n) is 25.5. The van der Waals surface area contributed by atoms with Crippen molar-refractivity contribution in [2.45, 2.75) is 69.0 Å². The van der Waals surface area contributed by atoms with Crippen molar-refractivity contribution in [2.75, 3.05) is 23.7 Å². The highest BCUT2D eigenvalue weighted by Crippen LogP contribution is 2.34. The maximum atomic E-state index is 14.4. The lowest BCUT2D eigenvalue weighted by Crippen LogP contribution is -2.53. The van der Waals surface area contributed by atoms with E-state index < -0.39 is 28.5 Å². The monoisotopic (exact) mass is 679 g/mol. The van der Waals surface area contributed by atoms with Crippen molar-refractivity contribution in [3.8, 4) is 5.75 Å². The first-order valence-corrected chi connectivity index (χ1v) is 17.8. The smallest absolute Gasteiger partial charge is 0.264 e. The van der Waals surface area contributed by atoms with E-state index in [4.69, 9.17) is 27.9 Å². The molecule has 0 unspecified atom stereocenters. The quantitative estimate of drug-likeness (QED) is 0.173. The molecule has 0 heterocycles. The molecule has 3 aromatic carbocycles. The van der Waals surface area contributed by atoms with Crippen molar-refractivity contribution < 1.29 is 22.7 Å². The maximum absolute atomic E-state index is 14.4. The summed E-state index contributed by atoms with van der Waals surface area (Å²) in [6, 6.07) is 17.0. The van der Waals surface area contributed by atoms with Gasteiger partial charge in [-0.05, 0) is 81.5 Å². The highest BCUT2D eigenvalue weighted by atomic mass is 35.5. The number of ether oxygens (including phenoxy) is 1. The maximum Gasteiger partial charge on any atom is 0.264 e. The van der Waals surface area contributed by atoms with Crippen LogP contribution in [0.25, 0.3) is 0 Å². The molecule has 238 valence electrons. The second-order valence-electron chi connectivity index (χ2n) is 10.1. The van der Waals surface area contributed by atoms with Gasteiger partial charge < -0.3 is 15.0 Å². The van der Waals surface area contributed by atoms with Crippen molar-refractivity contribution in [3.63, 3.8) is 0 Å². The number of anilines is 1. The molecule has 0 saturated heterocycles. The minimum Gasteiger partial charge on any atom is -0.492 e. The van der Waals surface area contributed by atoms with Gasteiger partial charge in [-0.25, -0.2) is 8.42 Å². The lowest BCUT2D eigenvalue weighted by atomic mass is 10.1. The number of nitrogens with one attached hydrogen (secondary N) is 1. The number of carbonyl (C=O) groups is 2. The first-order valence-electron chi connectivity index (χ1n) is 14.4. The molecule has 0 radical (unpaired) electrons. The summed E-state index contributed by atoms with van der Waals surface area (Å²) in [5.74, 6) is -0.660. The SMILES string of the molecule is CCOc1ccccc1N(CC(=O)N(Cc1c(Cl)cccc1Cl)[C@H](CC)C(=O)N[C@H](C)CC)S(=O)(=O)c1ccc(SC)cc1. The van der Waals surface area contributed by atoms with Crippen molar-refractivity contribution in [1.82, 2.24) is 10.2 Å². The molecule has 44 heavy (non-hydrogen) atoms. The molecule has 0 aliphatic rings. The first-order chi connectivity index (χ1) is 21.0. The number of thioether (sulfide) groups is 1. The van der Waals surface area contributed by atoms with Crippen LogP contribution >= 0.6 is 35.0 Å². The van der Waals surface area contributed by atoms with E-state index in [9.17, 15) is 18.0 Å². The van der Waals surface area contributed by atoms with Gasteiger partial charge in [-0.15, -0.1) is 11.8 Å². The molecule has 8 nitrogen and oxygen atoms in total. The van der Waals surface area contributed by atoms with E-state index in [1.165, 1.54) is 28.8 Å². The molecule has 3 rings (SSSR count). The predicted octanol–water partition coefficient (Wildman–Crippen LogP) is 7.03. The molecule has 0 saturated carbocycles. The van der Waals surface area contributed by atoms with Crippen LogP contribution in [0.3, 0.4) is 0 Å². The predicted molar refractivity (Wildman–Crippen MR) is 179 cm³/mol. The molecule has 0 spiro atoms. The average molecular weight is 681 g/mol. The van der Waals surface area contributed by atoms with Crippen molar-refractivity contribution in [2.24, 2.45) is 0 Å². The summed E-state index contributed by atoms with van der Waals surface area (Å²) in [5.41, 5.74) is 0.653. The standard InChI is InChI=1S/C32H39Cl2N3O5S2/c1-6-22(4)35-32(39)28(7-2)36(20-25-26(33)12-11-13-27(25)34)31(38)21-37(29-14-9-10-15-30(29)42-8-3)44(40,41)24-18-16-23(43-5)17-19-24/h9-19,22,28H,6-8,20-21H2,1-5H3,(H,35,39)/t22-,28-/m1/s1. The molecule has 0 aliphatic carbocycles. The minimum atomic E-state index is -4.27. The Hall–Kier alpha value is -2.92. The van der Waals surface area contributed by atoms with Gasteiger partial charge in [-0.3, -0.25) is 13.9 Å². The van der Waals surface area contributed by atoms with Crippen LogP contribution in [-0.4, -0.2) is 56.6 Å². The lowest BCUT2D eigenvalue weighted by Gasteiger charge is -2.34. The topological polar surface area (TPSA) is 96.0 Å². The summed E-state index contributed by atoms with van der Waals surface area (Å²) in [7, 11) is -4.27. The molecular formula is C32H39Cl2N3O5S2. The van der Waals surface area contributed by atoms with E-state index >= 15 is 0 Å². The van der Waals surface area contributed by atoms with Crippen LogP contribution < -0.4 is 14.4 Å². The Balaban J connectivity index is 2.15. The van der Waals surface area contributed by atoms with Crippen LogP contribution in [0.15, 0.2) is 76.5 Å². The zero-order valence-corrected chi connectivity index (χ0v) is 28.7. The van der Waals surface area contributed by atoms with Crippen LogP contribution in [0.1, 0.15) is 46.1 Å². The fraction of sp³-hybridized carbons (Fsp3) is 0.375. The number of nitrogens with zero attached hydrogens (tertiary/aromatic N) is 2. The number of halogens is 2. The Morgan fingerprint density at radius 1 is 0.932 bits per heavy atom. The Labute approximate surface area is 275 Å². The summed E-state index contributed by atoms with van der Waals surface area (Å²) in [4.78, 5) is 30.1. The van der Waals surface area contributed by atoms with Crippen molar-refractivity contribution >= 4 is 62.5 Å². The largest absolute Gasteiger partial charge is 0.492 e. The highest BCUT2D eigenvalue weighted by Gasteiger charge is 2.35. The Morgan fingerprint density at radius 2 is 1.57 bits per heavy atom. The zero-order chi connectivity index (χ0) is 32.4. The van der Waals surface area contributed by atoms with Gasteiger partial charge in [0.15, 0.2) is 0 Å². The molecule has 0 fully saturated rings. The number of amides is 2. The van der Waals surface area contributed by atoms with Gasteiger partial charge >= 0.3 is 0 Å². The summed E-state index contributed by atoms with van der Waals surface area (Å²) >= 11 is 14.5. The molecule has 1 N–H and O–H groups in total. The fourth-order valence-electron chi connectivity index (χ4n) is 4.54. The van der Waals surface area contributed by atoms with E-state index in [-0.39, 0.29) is 42.1 Å². The normalized spacial score (nSPS) is 12.7. The summed E-state index contributed by atoms with van der Waals surface area (Å²) < 4.78 is 35.3.